The molecule has 0 saturated heterocycles. The van der Waals surface area contributed by atoms with Crippen LogP contribution in [0.1, 0.15) is 16.7 Å². The van der Waals surface area contributed by atoms with Crippen molar-refractivity contribution >= 4 is 11.6 Å². The molecule has 0 spiro atoms. The molecule has 2 N–H and O–H groups in total. The average molecular weight is 269 g/mol. The second-order valence-electron chi connectivity index (χ2n) is 4.87. The third-order valence-corrected chi connectivity index (χ3v) is 2.89. The van der Waals surface area contributed by atoms with Crippen LogP contribution in [0.5, 0.6) is 0 Å². The van der Waals surface area contributed by atoms with Crippen LogP contribution >= 0.6 is 0 Å². The smallest absolute Gasteiger partial charge is 0.239 e. The van der Waals surface area contributed by atoms with E-state index >= 15 is 0 Å². The summed E-state index contributed by atoms with van der Waals surface area (Å²) in [4.78, 5) is 15.8. The second kappa shape index (κ2) is 6.70. The van der Waals surface area contributed by atoms with Crippen LogP contribution in [0.3, 0.4) is 0 Å². The maximum Gasteiger partial charge on any atom is 0.239 e. The van der Waals surface area contributed by atoms with Crippen LogP contribution < -0.4 is 10.6 Å². The average Bonchev–Trinajstić information content (AvgIpc) is 2.43. The minimum absolute atomic E-state index is 0.0342. The van der Waals surface area contributed by atoms with Crippen molar-refractivity contribution < 1.29 is 4.79 Å². The molecule has 2 aromatic rings. The van der Waals surface area contributed by atoms with Gasteiger partial charge in [-0.05, 0) is 48.7 Å². The fraction of sp³-hybridized carbons (Fsp3) is 0.250. The van der Waals surface area contributed by atoms with E-state index in [0.717, 1.165) is 11.3 Å². The number of amides is 1. The molecule has 0 aliphatic rings. The van der Waals surface area contributed by atoms with Gasteiger partial charge in [-0.1, -0.05) is 12.1 Å². The summed E-state index contributed by atoms with van der Waals surface area (Å²) in [5.74, 6) is -0.0342. The van der Waals surface area contributed by atoms with Crippen molar-refractivity contribution in [3.05, 3.63) is 59.4 Å². The lowest BCUT2D eigenvalue weighted by Crippen LogP contribution is -2.29. The van der Waals surface area contributed by atoms with E-state index in [2.05, 4.69) is 21.7 Å². The summed E-state index contributed by atoms with van der Waals surface area (Å²) < 4.78 is 0. The Kier molecular flexibility index (Phi) is 4.71. The van der Waals surface area contributed by atoms with Crippen molar-refractivity contribution in [3.63, 3.8) is 0 Å². The van der Waals surface area contributed by atoms with Crippen molar-refractivity contribution in [2.24, 2.45) is 0 Å². The van der Waals surface area contributed by atoms with Gasteiger partial charge >= 0.3 is 0 Å². The van der Waals surface area contributed by atoms with Crippen LogP contribution in [0.15, 0.2) is 42.7 Å². The van der Waals surface area contributed by atoms with Crippen molar-refractivity contribution in [1.29, 1.82) is 0 Å². The van der Waals surface area contributed by atoms with E-state index in [-0.39, 0.29) is 12.5 Å². The fourth-order valence-corrected chi connectivity index (χ4v) is 2.02. The molecule has 0 saturated carbocycles. The molecule has 0 atom stereocenters. The van der Waals surface area contributed by atoms with Gasteiger partial charge in [0.25, 0.3) is 0 Å². The molecule has 1 aromatic heterocycles. The Balaban J connectivity index is 1.80. The number of nitrogens with zero attached hydrogens (tertiary/aromatic N) is 1. The molecule has 2 rings (SSSR count). The van der Waals surface area contributed by atoms with Crippen molar-refractivity contribution in [1.82, 2.24) is 10.3 Å². The summed E-state index contributed by atoms with van der Waals surface area (Å²) in [6.07, 6.45) is 3.46. The first kappa shape index (κ1) is 14.1. The maximum atomic E-state index is 11.8. The van der Waals surface area contributed by atoms with Crippen LogP contribution in [0, 0.1) is 13.8 Å². The quantitative estimate of drug-likeness (QED) is 0.876. The van der Waals surface area contributed by atoms with E-state index in [1.165, 1.54) is 11.1 Å². The first-order valence-electron chi connectivity index (χ1n) is 6.61. The highest BCUT2D eigenvalue weighted by Crippen LogP contribution is 2.13. The van der Waals surface area contributed by atoms with Crippen LogP contribution in [0.2, 0.25) is 0 Å². The minimum Gasteiger partial charge on any atom is -0.376 e. The maximum absolute atomic E-state index is 11.8. The molecule has 1 heterocycles. The standard InChI is InChI=1S/C16H19N3O/c1-12-6-13(2)8-15(7-12)18-11-16(20)19-10-14-4-3-5-17-9-14/h3-9,18H,10-11H2,1-2H3,(H,19,20). The summed E-state index contributed by atoms with van der Waals surface area (Å²) in [5.41, 5.74) is 4.33. The van der Waals surface area contributed by atoms with Crippen molar-refractivity contribution in [3.8, 4) is 0 Å². The Hall–Kier alpha value is -2.36. The van der Waals surface area contributed by atoms with Crippen molar-refractivity contribution in [2.75, 3.05) is 11.9 Å². The largest absolute Gasteiger partial charge is 0.376 e. The van der Waals surface area contributed by atoms with Gasteiger partial charge in [-0.15, -0.1) is 0 Å². The molecule has 104 valence electrons. The molecule has 0 fully saturated rings. The fourth-order valence-electron chi connectivity index (χ4n) is 2.02. The van der Waals surface area contributed by atoms with Crippen LogP contribution in [-0.4, -0.2) is 17.4 Å². The molecule has 0 radical (unpaired) electrons. The zero-order valence-electron chi connectivity index (χ0n) is 11.8. The first-order chi connectivity index (χ1) is 9.63. The summed E-state index contributed by atoms with van der Waals surface area (Å²) in [5, 5.41) is 5.99. The number of pyridine rings is 1. The van der Waals surface area contributed by atoms with Crippen LogP contribution in [0.25, 0.3) is 0 Å². The van der Waals surface area contributed by atoms with Gasteiger partial charge in [-0.2, -0.15) is 0 Å². The van der Waals surface area contributed by atoms with E-state index < -0.39 is 0 Å². The third-order valence-electron chi connectivity index (χ3n) is 2.89. The van der Waals surface area contributed by atoms with Gasteiger partial charge in [0.1, 0.15) is 0 Å². The lowest BCUT2D eigenvalue weighted by Gasteiger charge is -2.09. The Morgan fingerprint density at radius 1 is 1.20 bits per heavy atom. The first-order valence-corrected chi connectivity index (χ1v) is 6.61. The van der Waals surface area contributed by atoms with E-state index in [4.69, 9.17) is 0 Å². The number of hydrogen-bond acceptors (Lipinski definition) is 3. The molecule has 1 amide bonds. The molecular weight excluding hydrogens is 250 g/mol. The highest BCUT2D eigenvalue weighted by Gasteiger charge is 2.02. The summed E-state index contributed by atoms with van der Waals surface area (Å²) in [6.45, 7) is 4.85. The number of benzene rings is 1. The number of carbonyl (C=O) groups excluding carboxylic acids is 1. The molecule has 4 nitrogen and oxygen atoms in total. The third kappa shape index (κ3) is 4.39. The Labute approximate surface area is 119 Å². The van der Waals surface area contributed by atoms with Gasteiger partial charge in [-0.25, -0.2) is 0 Å². The van der Waals surface area contributed by atoms with Gasteiger partial charge < -0.3 is 10.6 Å². The van der Waals surface area contributed by atoms with Crippen LogP contribution in [0.4, 0.5) is 5.69 Å². The van der Waals surface area contributed by atoms with Crippen LogP contribution in [-0.2, 0) is 11.3 Å². The Morgan fingerprint density at radius 2 is 1.95 bits per heavy atom. The van der Waals surface area contributed by atoms with E-state index in [0.29, 0.717) is 6.54 Å². The van der Waals surface area contributed by atoms with Gasteiger partial charge in [0, 0.05) is 24.6 Å². The lowest BCUT2D eigenvalue weighted by atomic mass is 10.1. The molecular formula is C16H19N3O. The molecule has 0 aliphatic carbocycles. The van der Waals surface area contributed by atoms with Gasteiger partial charge in [-0.3, -0.25) is 9.78 Å². The number of carbonyl (C=O) groups is 1. The topological polar surface area (TPSA) is 54.0 Å². The molecule has 0 bridgehead atoms. The number of aryl methyl sites for hydroxylation is 2. The number of nitrogens with one attached hydrogen (secondary N) is 2. The lowest BCUT2D eigenvalue weighted by molar-refractivity contribution is -0.119. The summed E-state index contributed by atoms with van der Waals surface area (Å²) in [7, 11) is 0. The number of aromatic nitrogens is 1. The zero-order valence-corrected chi connectivity index (χ0v) is 11.8. The predicted molar refractivity (Wildman–Crippen MR) is 80.5 cm³/mol. The van der Waals surface area contributed by atoms with E-state index in [1.807, 2.05) is 38.1 Å². The van der Waals surface area contributed by atoms with Gasteiger partial charge in [0.05, 0.1) is 6.54 Å². The number of anilines is 1. The minimum atomic E-state index is -0.0342. The Morgan fingerprint density at radius 3 is 2.60 bits per heavy atom. The zero-order chi connectivity index (χ0) is 14.4. The number of hydrogen-bond donors (Lipinski definition) is 2. The molecule has 0 unspecified atom stereocenters. The highest BCUT2D eigenvalue weighted by molar-refractivity contribution is 5.80. The van der Waals surface area contributed by atoms with E-state index in [9.17, 15) is 4.79 Å². The Bertz CT molecular complexity index is 561. The van der Waals surface area contributed by atoms with E-state index in [1.54, 1.807) is 12.4 Å². The molecule has 4 heteroatoms. The summed E-state index contributed by atoms with van der Waals surface area (Å²) in [6, 6.07) is 9.95. The second-order valence-corrected chi connectivity index (χ2v) is 4.87. The molecule has 0 aliphatic heterocycles. The SMILES string of the molecule is Cc1cc(C)cc(NCC(=O)NCc2cccnc2)c1. The van der Waals surface area contributed by atoms with Crippen molar-refractivity contribution in [2.45, 2.75) is 20.4 Å². The van der Waals surface area contributed by atoms with Gasteiger partial charge in [0.2, 0.25) is 5.91 Å². The monoisotopic (exact) mass is 269 g/mol. The molecule has 20 heavy (non-hydrogen) atoms. The highest BCUT2D eigenvalue weighted by atomic mass is 16.1. The number of rotatable bonds is 5. The predicted octanol–water partition coefficient (Wildman–Crippen LogP) is 2.43. The van der Waals surface area contributed by atoms with Gasteiger partial charge in [0.15, 0.2) is 0 Å². The molecule has 1 aromatic carbocycles. The normalized spacial score (nSPS) is 10.1. The summed E-state index contributed by atoms with van der Waals surface area (Å²) >= 11 is 0.